The van der Waals surface area contributed by atoms with Crippen LogP contribution in [0.2, 0.25) is 0 Å². The average Bonchev–Trinajstić information content (AvgIpc) is 3.23. The first-order valence-corrected chi connectivity index (χ1v) is 24.9. The van der Waals surface area contributed by atoms with Crippen molar-refractivity contribution in [2.45, 2.75) is 245 Å². The largest absolute Gasteiger partial charge is 0.462 e. The van der Waals surface area contributed by atoms with Gasteiger partial charge in [0.2, 0.25) is 0 Å². The first-order chi connectivity index (χ1) is 29.0. The van der Waals surface area contributed by atoms with Gasteiger partial charge in [0.25, 0.3) is 0 Å². The molecular weight excluding hydrogens is 733 g/mol. The summed E-state index contributed by atoms with van der Waals surface area (Å²) in [5.41, 5.74) is 0. The van der Waals surface area contributed by atoms with Crippen LogP contribution in [0, 0.1) is 0 Å². The van der Waals surface area contributed by atoms with E-state index in [1.165, 1.54) is 141 Å². The maximum atomic E-state index is 12.7. The summed E-state index contributed by atoms with van der Waals surface area (Å²) in [5.74, 6) is -0.971. The Hall–Kier alpha value is -2.89. The molecule has 6 heteroatoms. The summed E-state index contributed by atoms with van der Waals surface area (Å²) in [6.45, 7) is 6.43. The van der Waals surface area contributed by atoms with E-state index in [9.17, 15) is 14.4 Å². The fourth-order valence-electron chi connectivity index (χ4n) is 6.94. The first kappa shape index (κ1) is 56.1. The second-order valence-corrected chi connectivity index (χ2v) is 16.5. The highest BCUT2D eigenvalue weighted by molar-refractivity contribution is 5.71. The van der Waals surface area contributed by atoms with Crippen molar-refractivity contribution in [3.8, 4) is 0 Å². The van der Waals surface area contributed by atoms with Crippen LogP contribution < -0.4 is 0 Å². The summed E-state index contributed by atoms with van der Waals surface area (Å²) in [5, 5.41) is 0. The number of carbonyl (C=O) groups excluding carboxylic acids is 3. The normalized spacial score (nSPS) is 12.5. The van der Waals surface area contributed by atoms with Crippen LogP contribution in [-0.2, 0) is 28.6 Å². The Bertz CT molecular complexity index is 1090. The molecule has 0 aliphatic rings. The monoisotopic (exact) mass is 825 g/mol. The molecule has 0 aromatic rings. The summed E-state index contributed by atoms with van der Waals surface area (Å²) in [6.07, 6.45) is 57.9. The van der Waals surface area contributed by atoms with E-state index in [2.05, 4.69) is 26.8 Å². The second kappa shape index (κ2) is 47.8. The first-order valence-electron chi connectivity index (χ1n) is 24.9. The predicted octanol–water partition coefficient (Wildman–Crippen LogP) is 16.1. The van der Waals surface area contributed by atoms with Crippen molar-refractivity contribution in [3.63, 3.8) is 0 Å². The molecule has 0 N–H and O–H groups in total. The van der Waals surface area contributed by atoms with Gasteiger partial charge in [-0.15, -0.1) is 0 Å². The molecule has 0 saturated heterocycles. The van der Waals surface area contributed by atoms with Crippen LogP contribution >= 0.6 is 0 Å². The smallest absolute Gasteiger partial charge is 0.306 e. The quantitative estimate of drug-likeness (QED) is 0.0263. The van der Waals surface area contributed by atoms with Gasteiger partial charge in [0, 0.05) is 19.3 Å². The molecule has 0 aliphatic carbocycles. The predicted molar refractivity (Wildman–Crippen MR) is 251 cm³/mol. The zero-order chi connectivity index (χ0) is 43.0. The van der Waals surface area contributed by atoms with Crippen LogP contribution in [0.3, 0.4) is 0 Å². The third-order valence-electron chi connectivity index (χ3n) is 10.7. The van der Waals surface area contributed by atoms with Crippen LogP contribution in [0.4, 0.5) is 0 Å². The molecular formula is C53H92O6. The fraction of sp³-hybridized carbons (Fsp3) is 0.755. The molecule has 0 aliphatic heterocycles. The lowest BCUT2D eigenvalue weighted by molar-refractivity contribution is -0.167. The fourth-order valence-corrected chi connectivity index (χ4v) is 6.94. The van der Waals surface area contributed by atoms with Crippen molar-refractivity contribution in [2.24, 2.45) is 0 Å². The van der Waals surface area contributed by atoms with Gasteiger partial charge in [-0.25, -0.2) is 0 Å². The van der Waals surface area contributed by atoms with Gasteiger partial charge in [-0.1, -0.05) is 248 Å². The lowest BCUT2D eigenvalue weighted by Gasteiger charge is -2.18. The third kappa shape index (κ3) is 46.0. The molecule has 0 spiro atoms. The molecule has 59 heavy (non-hydrogen) atoms. The van der Waals surface area contributed by atoms with Crippen LogP contribution in [0.25, 0.3) is 0 Å². The van der Waals surface area contributed by atoms with Gasteiger partial charge in [0.1, 0.15) is 13.2 Å². The van der Waals surface area contributed by atoms with E-state index in [1.54, 1.807) is 0 Å². The van der Waals surface area contributed by atoms with E-state index < -0.39 is 6.10 Å². The molecule has 1 atom stereocenters. The lowest BCUT2D eigenvalue weighted by Crippen LogP contribution is -2.30. The molecule has 0 fully saturated rings. The maximum Gasteiger partial charge on any atom is 0.306 e. The Morgan fingerprint density at radius 1 is 0.356 bits per heavy atom. The molecule has 0 rings (SSSR count). The number of esters is 3. The molecule has 0 aromatic heterocycles. The molecule has 0 aromatic carbocycles. The van der Waals surface area contributed by atoms with Gasteiger partial charge < -0.3 is 14.2 Å². The Morgan fingerprint density at radius 2 is 0.661 bits per heavy atom. The molecule has 0 amide bonds. The van der Waals surface area contributed by atoms with Crippen LogP contribution in [-0.4, -0.2) is 37.2 Å². The van der Waals surface area contributed by atoms with Crippen molar-refractivity contribution < 1.29 is 28.6 Å². The molecule has 0 heterocycles. The standard InChI is InChI=1S/C53H92O6/c1-4-7-10-13-16-19-22-24-25-26-27-28-30-31-34-37-40-43-46-52(55)58-49-50(48-57-51(54)45-42-39-36-33-21-18-15-12-9-6-3)59-53(56)47-44-41-38-35-32-29-23-20-17-14-11-8-5-2/h8,11,14,17,20,23,29,32,35,38,50H,4-7,9-10,12-13,15-16,18-19,21-22,24-28,30-31,33-34,36-37,39-49H2,1-3H3/b11-8-,17-14-,23-20-,32-29-,38-35-. The summed E-state index contributed by atoms with van der Waals surface area (Å²) >= 11 is 0. The Morgan fingerprint density at radius 3 is 1.02 bits per heavy atom. The zero-order valence-corrected chi connectivity index (χ0v) is 38.8. The number of allylic oxidation sites excluding steroid dienone is 10. The average molecular weight is 825 g/mol. The maximum absolute atomic E-state index is 12.7. The number of hydrogen-bond donors (Lipinski definition) is 0. The van der Waals surface area contributed by atoms with Gasteiger partial charge in [-0.3, -0.25) is 14.4 Å². The van der Waals surface area contributed by atoms with Crippen molar-refractivity contribution >= 4 is 17.9 Å². The number of carbonyl (C=O) groups is 3. The minimum Gasteiger partial charge on any atom is -0.462 e. The van der Waals surface area contributed by atoms with Gasteiger partial charge in [-0.2, -0.15) is 0 Å². The lowest BCUT2D eigenvalue weighted by atomic mass is 10.0. The van der Waals surface area contributed by atoms with E-state index in [1.807, 2.05) is 54.7 Å². The van der Waals surface area contributed by atoms with Crippen LogP contribution in [0.5, 0.6) is 0 Å². The molecule has 0 radical (unpaired) electrons. The van der Waals surface area contributed by atoms with E-state index in [0.29, 0.717) is 19.3 Å². The Labute approximate surface area is 364 Å². The molecule has 6 nitrogen and oxygen atoms in total. The summed E-state index contributed by atoms with van der Waals surface area (Å²) in [4.78, 5) is 37.8. The Balaban J connectivity index is 4.38. The van der Waals surface area contributed by atoms with Crippen molar-refractivity contribution in [1.82, 2.24) is 0 Å². The van der Waals surface area contributed by atoms with E-state index in [0.717, 1.165) is 51.4 Å². The Kier molecular flexibility index (Phi) is 45.4. The SMILES string of the molecule is CC\C=C/C=C\C=C/C=C\C=C/CCCC(=O)OC(COC(=O)CCCCCCCCCCCC)COC(=O)CCCCCCCCCCCCCCCCCCCC. The van der Waals surface area contributed by atoms with E-state index in [4.69, 9.17) is 14.2 Å². The third-order valence-corrected chi connectivity index (χ3v) is 10.7. The topological polar surface area (TPSA) is 78.9 Å². The molecule has 0 bridgehead atoms. The number of unbranched alkanes of at least 4 members (excludes halogenated alkanes) is 27. The zero-order valence-electron chi connectivity index (χ0n) is 38.8. The van der Waals surface area contributed by atoms with Crippen molar-refractivity contribution in [3.05, 3.63) is 60.8 Å². The van der Waals surface area contributed by atoms with E-state index >= 15 is 0 Å². The van der Waals surface area contributed by atoms with Gasteiger partial charge in [0.15, 0.2) is 6.10 Å². The van der Waals surface area contributed by atoms with Gasteiger partial charge >= 0.3 is 17.9 Å². The number of ether oxygens (including phenoxy) is 3. The summed E-state index contributed by atoms with van der Waals surface area (Å²) in [7, 11) is 0. The van der Waals surface area contributed by atoms with Crippen molar-refractivity contribution in [1.29, 1.82) is 0 Å². The van der Waals surface area contributed by atoms with Crippen LogP contribution in [0.1, 0.15) is 239 Å². The van der Waals surface area contributed by atoms with Gasteiger partial charge in [0.05, 0.1) is 0 Å². The van der Waals surface area contributed by atoms with Crippen molar-refractivity contribution in [2.75, 3.05) is 13.2 Å². The van der Waals surface area contributed by atoms with Crippen LogP contribution in [0.15, 0.2) is 60.8 Å². The minimum absolute atomic E-state index is 0.0998. The second-order valence-electron chi connectivity index (χ2n) is 16.5. The molecule has 0 saturated carbocycles. The minimum atomic E-state index is -0.805. The highest BCUT2D eigenvalue weighted by atomic mass is 16.6. The number of rotatable bonds is 44. The highest BCUT2D eigenvalue weighted by Crippen LogP contribution is 2.16. The molecule has 340 valence electrons. The summed E-state index contributed by atoms with van der Waals surface area (Å²) < 4.78 is 16.7. The highest BCUT2D eigenvalue weighted by Gasteiger charge is 2.19. The molecule has 1 unspecified atom stereocenters. The number of hydrogen-bond acceptors (Lipinski definition) is 6. The van der Waals surface area contributed by atoms with E-state index in [-0.39, 0.29) is 37.5 Å². The van der Waals surface area contributed by atoms with Gasteiger partial charge in [-0.05, 0) is 32.1 Å². The summed E-state index contributed by atoms with van der Waals surface area (Å²) in [6, 6.07) is 0.